The molecule has 1 aromatic heterocycles. The summed E-state index contributed by atoms with van der Waals surface area (Å²) >= 11 is 0. The molecule has 3 rings (SSSR count). The highest BCUT2D eigenvalue weighted by Crippen LogP contribution is 2.17. The number of ether oxygens (including phenoxy) is 2. The monoisotopic (exact) mass is 362 g/mol. The number of nitrogens with one attached hydrogen (secondary N) is 1. The molecular weight excluding hydrogens is 346 g/mol. The standard InChI is InChI=1S/C17H16F2N4O3/c18-11-7-14(19)15(21-8-11)26-17(24)23-12-4-1-10(2-5-12)3-6-13-9-25-16(20)22-13/h1-2,4-5,7-8,13H,3,6,9H2,(H2,20,22)(H,23,24)/t13-/m0/s1. The van der Waals surface area contributed by atoms with Gasteiger partial charge in [-0.15, -0.1) is 0 Å². The summed E-state index contributed by atoms with van der Waals surface area (Å²) in [7, 11) is 0. The van der Waals surface area contributed by atoms with Gasteiger partial charge < -0.3 is 15.2 Å². The second kappa shape index (κ2) is 7.77. The molecule has 0 saturated heterocycles. The van der Waals surface area contributed by atoms with Gasteiger partial charge in [0.2, 0.25) is 0 Å². The van der Waals surface area contributed by atoms with Crippen LogP contribution in [0.2, 0.25) is 0 Å². The maximum absolute atomic E-state index is 13.4. The fraction of sp³-hybridized carbons (Fsp3) is 0.235. The van der Waals surface area contributed by atoms with Gasteiger partial charge in [0.1, 0.15) is 12.4 Å². The third-order valence-corrected chi connectivity index (χ3v) is 3.66. The number of anilines is 1. The van der Waals surface area contributed by atoms with Crippen LogP contribution in [0.1, 0.15) is 12.0 Å². The number of halogens is 2. The van der Waals surface area contributed by atoms with Crippen LogP contribution >= 0.6 is 0 Å². The first kappa shape index (κ1) is 17.6. The summed E-state index contributed by atoms with van der Waals surface area (Å²) < 4.78 is 36.0. The molecule has 1 atom stereocenters. The molecule has 0 radical (unpaired) electrons. The van der Waals surface area contributed by atoms with Gasteiger partial charge in [0.05, 0.1) is 12.2 Å². The Morgan fingerprint density at radius 2 is 2.12 bits per heavy atom. The number of amidine groups is 1. The Labute approximate surface area is 147 Å². The van der Waals surface area contributed by atoms with Gasteiger partial charge in [-0.3, -0.25) is 5.32 Å². The average molecular weight is 362 g/mol. The fourth-order valence-corrected chi connectivity index (χ4v) is 2.38. The van der Waals surface area contributed by atoms with E-state index in [0.29, 0.717) is 18.4 Å². The van der Waals surface area contributed by atoms with Crippen LogP contribution < -0.4 is 15.8 Å². The molecule has 26 heavy (non-hydrogen) atoms. The van der Waals surface area contributed by atoms with Gasteiger partial charge in [0.15, 0.2) is 5.82 Å². The lowest BCUT2D eigenvalue weighted by molar-refractivity contribution is 0.210. The predicted molar refractivity (Wildman–Crippen MR) is 89.9 cm³/mol. The van der Waals surface area contributed by atoms with Crippen molar-refractivity contribution in [2.45, 2.75) is 18.9 Å². The molecule has 0 spiro atoms. The lowest BCUT2D eigenvalue weighted by atomic mass is 10.1. The molecular formula is C17H16F2N4O3. The SMILES string of the molecule is NC1=N[C@@H](CCc2ccc(NC(=O)Oc3ncc(F)cc3F)cc2)CO1. The molecule has 0 aliphatic carbocycles. The number of amides is 1. The van der Waals surface area contributed by atoms with E-state index in [1.807, 2.05) is 12.1 Å². The number of rotatable bonds is 5. The fourth-order valence-electron chi connectivity index (χ4n) is 2.38. The second-order valence-electron chi connectivity index (χ2n) is 5.62. The van der Waals surface area contributed by atoms with Crippen molar-refractivity contribution in [1.82, 2.24) is 4.98 Å². The highest BCUT2D eigenvalue weighted by Gasteiger charge is 2.16. The Hall–Kier alpha value is -3.23. The first-order valence-electron chi connectivity index (χ1n) is 7.84. The van der Waals surface area contributed by atoms with Crippen molar-refractivity contribution < 1.29 is 23.0 Å². The summed E-state index contributed by atoms with van der Waals surface area (Å²) in [6, 6.07) is 7.92. The lowest BCUT2D eigenvalue weighted by Crippen LogP contribution is -2.18. The van der Waals surface area contributed by atoms with E-state index in [2.05, 4.69) is 15.3 Å². The van der Waals surface area contributed by atoms with Crippen LogP contribution in [-0.4, -0.2) is 29.7 Å². The van der Waals surface area contributed by atoms with E-state index in [4.69, 9.17) is 15.2 Å². The smallest absolute Gasteiger partial charge is 0.418 e. The van der Waals surface area contributed by atoms with Crippen LogP contribution in [0.5, 0.6) is 5.88 Å². The van der Waals surface area contributed by atoms with E-state index in [0.717, 1.165) is 24.6 Å². The Kier molecular flexibility index (Phi) is 5.26. The second-order valence-corrected chi connectivity index (χ2v) is 5.62. The maximum atomic E-state index is 13.4. The molecule has 2 heterocycles. The number of aryl methyl sites for hydroxylation is 1. The third-order valence-electron chi connectivity index (χ3n) is 3.66. The lowest BCUT2D eigenvalue weighted by Gasteiger charge is -2.08. The normalized spacial score (nSPS) is 15.9. The van der Waals surface area contributed by atoms with Crippen LogP contribution in [0.25, 0.3) is 0 Å². The molecule has 0 saturated carbocycles. The largest absolute Gasteiger partial charge is 0.463 e. The quantitative estimate of drug-likeness (QED) is 0.852. The molecule has 1 amide bonds. The van der Waals surface area contributed by atoms with Gasteiger partial charge in [-0.2, -0.15) is 0 Å². The van der Waals surface area contributed by atoms with Crippen molar-refractivity contribution in [3.8, 4) is 5.88 Å². The zero-order chi connectivity index (χ0) is 18.5. The van der Waals surface area contributed by atoms with Crippen LogP contribution in [0.15, 0.2) is 41.5 Å². The number of nitrogens with zero attached hydrogens (tertiary/aromatic N) is 2. The molecule has 0 bridgehead atoms. The van der Waals surface area contributed by atoms with Crippen molar-refractivity contribution in [2.24, 2.45) is 10.7 Å². The molecule has 3 N–H and O–H groups in total. The molecule has 0 fully saturated rings. The molecule has 2 aromatic rings. The number of hydrogen-bond donors (Lipinski definition) is 2. The molecule has 1 aliphatic heterocycles. The average Bonchev–Trinajstić information content (AvgIpc) is 3.02. The van der Waals surface area contributed by atoms with Crippen molar-refractivity contribution in [3.05, 3.63) is 53.7 Å². The van der Waals surface area contributed by atoms with E-state index in [1.54, 1.807) is 12.1 Å². The van der Waals surface area contributed by atoms with Gasteiger partial charge >= 0.3 is 6.09 Å². The summed E-state index contributed by atoms with van der Waals surface area (Å²) in [5, 5.41) is 2.44. The summed E-state index contributed by atoms with van der Waals surface area (Å²) in [5.74, 6) is -2.52. The summed E-state index contributed by atoms with van der Waals surface area (Å²) in [6.07, 6.45) is 1.41. The number of carbonyl (C=O) groups excluding carboxylic acids is 1. The Morgan fingerprint density at radius 3 is 2.77 bits per heavy atom. The van der Waals surface area contributed by atoms with Crippen LogP contribution in [-0.2, 0) is 11.2 Å². The van der Waals surface area contributed by atoms with Crippen molar-refractivity contribution in [1.29, 1.82) is 0 Å². The topological polar surface area (TPSA) is 98.8 Å². The van der Waals surface area contributed by atoms with Gasteiger partial charge in [0.25, 0.3) is 11.9 Å². The number of benzene rings is 1. The summed E-state index contributed by atoms with van der Waals surface area (Å²) in [6.45, 7) is 0.491. The number of carbonyl (C=O) groups is 1. The summed E-state index contributed by atoms with van der Waals surface area (Å²) in [4.78, 5) is 19.3. The van der Waals surface area contributed by atoms with Gasteiger partial charge in [-0.1, -0.05) is 12.1 Å². The van der Waals surface area contributed by atoms with Crippen molar-refractivity contribution in [2.75, 3.05) is 11.9 Å². The molecule has 9 heteroatoms. The third kappa shape index (κ3) is 4.65. The van der Waals surface area contributed by atoms with E-state index in [9.17, 15) is 13.6 Å². The van der Waals surface area contributed by atoms with E-state index < -0.39 is 23.6 Å². The zero-order valence-electron chi connectivity index (χ0n) is 13.6. The number of aliphatic imine (C=N–C) groups is 1. The molecule has 136 valence electrons. The first-order valence-corrected chi connectivity index (χ1v) is 7.84. The molecule has 1 aromatic carbocycles. The Morgan fingerprint density at radius 1 is 1.35 bits per heavy atom. The van der Waals surface area contributed by atoms with Gasteiger partial charge in [-0.25, -0.2) is 23.6 Å². The number of hydrogen-bond acceptors (Lipinski definition) is 6. The van der Waals surface area contributed by atoms with Crippen molar-refractivity contribution >= 4 is 17.8 Å². The van der Waals surface area contributed by atoms with E-state index in [1.165, 1.54) is 0 Å². The first-order chi connectivity index (χ1) is 12.5. The Bertz CT molecular complexity index is 827. The van der Waals surface area contributed by atoms with Crippen LogP contribution in [0.3, 0.4) is 0 Å². The number of aromatic nitrogens is 1. The Balaban J connectivity index is 1.51. The van der Waals surface area contributed by atoms with Crippen LogP contribution in [0, 0.1) is 11.6 Å². The minimum Gasteiger partial charge on any atom is -0.463 e. The highest BCUT2D eigenvalue weighted by atomic mass is 19.1. The van der Waals surface area contributed by atoms with Crippen LogP contribution in [0.4, 0.5) is 19.3 Å². The van der Waals surface area contributed by atoms with E-state index >= 15 is 0 Å². The maximum Gasteiger partial charge on any atom is 0.418 e. The number of pyridine rings is 1. The molecule has 1 aliphatic rings. The van der Waals surface area contributed by atoms with Gasteiger partial charge in [-0.05, 0) is 30.5 Å². The summed E-state index contributed by atoms with van der Waals surface area (Å²) in [5.41, 5.74) is 6.98. The highest BCUT2D eigenvalue weighted by molar-refractivity contribution is 5.86. The zero-order valence-corrected chi connectivity index (χ0v) is 13.6. The van der Waals surface area contributed by atoms with Crippen molar-refractivity contribution in [3.63, 3.8) is 0 Å². The minimum atomic E-state index is -1.06. The number of nitrogens with two attached hydrogens (primary N) is 1. The van der Waals surface area contributed by atoms with Gasteiger partial charge in [0, 0.05) is 11.8 Å². The molecule has 7 nitrogen and oxygen atoms in total. The van der Waals surface area contributed by atoms with E-state index in [-0.39, 0.29) is 12.1 Å². The molecule has 0 unspecified atom stereocenters. The minimum absolute atomic E-state index is 0.0564. The predicted octanol–water partition coefficient (Wildman–Crippen LogP) is 2.62.